The number of hydrogen-bond acceptors (Lipinski definition) is 6. The molecule has 0 aromatic heterocycles. The van der Waals surface area contributed by atoms with Crippen molar-refractivity contribution in [2.45, 2.75) is 24.6 Å². The van der Waals surface area contributed by atoms with Crippen LogP contribution in [0.1, 0.15) is 13.3 Å². The van der Waals surface area contributed by atoms with Gasteiger partial charge in [-0.25, -0.2) is 16.8 Å². The Morgan fingerprint density at radius 3 is 2.45 bits per heavy atom. The van der Waals surface area contributed by atoms with E-state index in [0.29, 0.717) is 10.7 Å². The fraction of sp³-hybridized carbons (Fsp3) is 0.727. The fourth-order valence-electron chi connectivity index (χ4n) is 2.31. The molecule has 2 atom stereocenters. The Morgan fingerprint density at radius 2 is 2.00 bits per heavy atom. The van der Waals surface area contributed by atoms with Crippen LogP contribution in [-0.4, -0.2) is 61.7 Å². The third kappa shape index (κ3) is 3.75. The SMILES string of the molecule is CC1=CS(=O)(=O)C[C@H]1SC(=S)N(C)[C@H]1CCS(=O)(=O)C1. The molecule has 9 heteroatoms. The summed E-state index contributed by atoms with van der Waals surface area (Å²) in [5.74, 6) is 0.397. The lowest BCUT2D eigenvalue weighted by molar-refractivity contribution is 0.409. The molecule has 20 heavy (non-hydrogen) atoms. The Kier molecular flexibility index (Phi) is 4.54. The molecule has 2 aliphatic rings. The molecule has 0 aromatic rings. The first-order chi connectivity index (χ1) is 9.10. The van der Waals surface area contributed by atoms with E-state index in [1.807, 2.05) is 0 Å². The summed E-state index contributed by atoms with van der Waals surface area (Å²) >= 11 is 6.65. The maximum absolute atomic E-state index is 11.5. The van der Waals surface area contributed by atoms with Gasteiger partial charge in [0.1, 0.15) is 4.32 Å². The average molecular weight is 356 g/mol. The molecular weight excluding hydrogens is 338 g/mol. The second kappa shape index (κ2) is 5.58. The molecule has 0 radical (unpaired) electrons. The van der Waals surface area contributed by atoms with Crippen LogP contribution < -0.4 is 0 Å². The maximum Gasteiger partial charge on any atom is 0.173 e. The van der Waals surface area contributed by atoms with E-state index in [4.69, 9.17) is 12.2 Å². The fourth-order valence-corrected chi connectivity index (χ4v) is 7.84. The molecule has 114 valence electrons. The van der Waals surface area contributed by atoms with Crippen LogP contribution in [0.25, 0.3) is 0 Å². The van der Waals surface area contributed by atoms with Crippen LogP contribution in [-0.2, 0) is 19.7 Å². The molecule has 0 N–H and O–H groups in total. The van der Waals surface area contributed by atoms with Gasteiger partial charge in [-0.15, -0.1) is 0 Å². The van der Waals surface area contributed by atoms with E-state index >= 15 is 0 Å². The van der Waals surface area contributed by atoms with Crippen molar-refractivity contribution in [2.75, 3.05) is 24.3 Å². The average Bonchev–Trinajstić information content (AvgIpc) is 2.77. The summed E-state index contributed by atoms with van der Waals surface area (Å²) in [5.41, 5.74) is 0.796. The van der Waals surface area contributed by atoms with E-state index in [1.165, 1.54) is 17.2 Å². The van der Waals surface area contributed by atoms with E-state index in [-0.39, 0.29) is 28.6 Å². The summed E-state index contributed by atoms with van der Waals surface area (Å²) in [7, 11) is -4.28. The molecule has 0 aromatic carbocycles. The molecule has 1 saturated heterocycles. The lowest BCUT2D eigenvalue weighted by atomic mass is 10.2. The summed E-state index contributed by atoms with van der Waals surface area (Å²) in [4.78, 5) is 1.79. The van der Waals surface area contributed by atoms with Gasteiger partial charge in [0.15, 0.2) is 19.7 Å². The number of nitrogens with zero attached hydrogens (tertiary/aromatic N) is 1. The van der Waals surface area contributed by atoms with Crippen LogP contribution in [0.5, 0.6) is 0 Å². The molecule has 0 unspecified atom stereocenters. The predicted molar refractivity (Wildman–Crippen MR) is 86.3 cm³/mol. The van der Waals surface area contributed by atoms with Crippen molar-refractivity contribution in [1.29, 1.82) is 0 Å². The van der Waals surface area contributed by atoms with E-state index < -0.39 is 19.7 Å². The van der Waals surface area contributed by atoms with Gasteiger partial charge >= 0.3 is 0 Å². The molecule has 0 spiro atoms. The number of sulfone groups is 2. The normalized spacial score (nSPS) is 31.0. The van der Waals surface area contributed by atoms with Gasteiger partial charge in [0, 0.05) is 23.7 Å². The number of rotatable bonds is 2. The van der Waals surface area contributed by atoms with Gasteiger partial charge in [-0.05, 0) is 18.9 Å². The zero-order valence-electron chi connectivity index (χ0n) is 11.3. The van der Waals surface area contributed by atoms with Gasteiger partial charge in [-0.1, -0.05) is 24.0 Å². The predicted octanol–water partition coefficient (Wildman–Crippen LogP) is 0.824. The highest BCUT2D eigenvalue weighted by Crippen LogP contribution is 2.31. The van der Waals surface area contributed by atoms with Gasteiger partial charge in [0.25, 0.3) is 0 Å². The van der Waals surface area contributed by atoms with Crippen LogP contribution in [0.2, 0.25) is 0 Å². The van der Waals surface area contributed by atoms with Gasteiger partial charge in [-0.3, -0.25) is 0 Å². The summed E-state index contributed by atoms with van der Waals surface area (Å²) in [5, 5.41) is 1.14. The largest absolute Gasteiger partial charge is 0.357 e. The van der Waals surface area contributed by atoms with Gasteiger partial charge in [0.2, 0.25) is 0 Å². The third-order valence-electron chi connectivity index (χ3n) is 3.54. The van der Waals surface area contributed by atoms with Crippen LogP contribution in [0.3, 0.4) is 0 Å². The van der Waals surface area contributed by atoms with Crippen molar-refractivity contribution < 1.29 is 16.8 Å². The Hall–Kier alpha value is -0.120. The summed E-state index contributed by atoms with van der Waals surface area (Å²) < 4.78 is 46.6. The van der Waals surface area contributed by atoms with Crippen LogP contribution >= 0.6 is 24.0 Å². The maximum atomic E-state index is 11.5. The van der Waals surface area contributed by atoms with Gasteiger partial charge < -0.3 is 4.90 Å². The van der Waals surface area contributed by atoms with Crippen molar-refractivity contribution in [3.8, 4) is 0 Å². The minimum Gasteiger partial charge on any atom is -0.357 e. The van der Waals surface area contributed by atoms with E-state index in [0.717, 1.165) is 5.57 Å². The highest BCUT2D eigenvalue weighted by molar-refractivity contribution is 8.23. The van der Waals surface area contributed by atoms with Crippen molar-refractivity contribution in [3.63, 3.8) is 0 Å². The lowest BCUT2D eigenvalue weighted by Gasteiger charge is -2.27. The van der Waals surface area contributed by atoms with Crippen molar-refractivity contribution in [1.82, 2.24) is 4.90 Å². The van der Waals surface area contributed by atoms with Crippen LogP contribution in [0, 0.1) is 0 Å². The molecule has 0 bridgehead atoms. The minimum atomic E-state index is -3.11. The molecule has 5 nitrogen and oxygen atoms in total. The third-order valence-corrected chi connectivity index (χ3v) is 8.92. The Morgan fingerprint density at radius 1 is 1.35 bits per heavy atom. The standard InChI is InChI=1S/C11H17NO4S4/c1-8-5-20(15,16)7-10(8)18-11(17)12(2)9-3-4-19(13,14)6-9/h5,9-10H,3-4,6-7H2,1-2H3/t9-,10+/m0/s1. The lowest BCUT2D eigenvalue weighted by Crippen LogP contribution is -2.36. The van der Waals surface area contributed by atoms with Crippen LogP contribution in [0.4, 0.5) is 0 Å². The van der Waals surface area contributed by atoms with E-state index in [9.17, 15) is 16.8 Å². The molecule has 2 aliphatic heterocycles. The minimum absolute atomic E-state index is 0.0699. The van der Waals surface area contributed by atoms with E-state index in [2.05, 4.69) is 0 Å². The zero-order valence-corrected chi connectivity index (χ0v) is 14.5. The molecule has 0 saturated carbocycles. The zero-order chi connectivity index (χ0) is 15.1. The number of hydrogen-bond donors (Lipinski definition) is 0. The highest BCUT2D eigenvalue weighted by atomic mass is 32.2. The van der Waals surface area contributed by atoms with Gasteiger partial charge in [0.05, 0.1) is 17.3 Å². The first-order valence-corrected chi connectivity index (χ1v) is 11.0. The second-order valence-corrected chi connectivity index (χ2v) is 11.2. The molecule has 1 fully saturated rings. The Labute approximate surface area is 129 Å². The smallest absolute Gasteiger partial charge is 0.173 e. The molecular formula is C11H17NO4S4. The first kappa shape index (κ1) is 16.3. The number of thioether (sulfide) groups is 1. The Balaban J connectivity index is 1.98. The van der Waals surface area contributed by atoms with Crippen LogP contribution in [0.15, 0.2) is 11.0 Å². The Bertz CT molecular complexity index is 650. The second-order valence-electron chi connectivity index (χ2n) is 5.23. The van der Waals surface area contributed by atoms with E-state index in [1.54, 1.807) is 18.9 Å². The topological polar surface area (TPSA) is 71.5 Å². The van der Waals surface area contributed by atoms with Gasteiger partial charge in [-0.2, -0.15) is 0 Å². The molecule has 2 rings (SSSR count). The summed E-state index contributed by atoms with van der Waals surface area (Å²) in [6, 6.07) is -0.0951. The van der Waals surface area contributed by atoms with Crippen molar-refractivity contribution in [2.24, 2.45) is 0 Å². The molecule has 0 amide bonds. The number of thiocarbonyl (C=S) groups is 1. The molecule has 2 heterocycles. The van der Waals surface area contributed by atoms with Crippen molar-refractivity contribution >= 4 is 48.0 Å². The van der Waals surface area contributed by atoms with Crippen molar-refractivity contribution in [3.05, 3.63) is 11.0 Å². The highest BCUT2D eigenvalue weighted by Gasteiger charge is 2.34. The summed E-state index contributed by atoms with van der Waals surface area (Å²) in [6.45, 7) is 1.78. The molecule has 0 aliphatic carbocycles. The summed E-state index contributed by atoms with van der Waals surface area (Å²) in [6.07, 6.45) is 0.581. The quantitative estimate of drug-likeness (QED) is 0.679. The first-order valence-electron chi connectivity index (χ1n) is 6.14. The monoisotopic (exact) mass is 355 g/mol.